The van der Waals surface area contributed by atoms with Crippen LogP contribution in [0.5, 0.6) is 5.75 Å². The topological polar surface area (TPSA) is 96.5 Å². The van der Waals surface area contributed by atoms with Gasteiger partial charge in [0.1, 0.15) is 17.5 Å². The third-order valence-electron chi connectivity index (χ3n) is 4.40. The first kappa shape index (κ1) is 18.4. The fourth-order valence-corrected chi connectivity index (χ4v) is 2.96. The lowest BCUT2D eigenvalue weighted by molar-refractivity contribution is -0.0135. The maximum absolute atomic E-state index is 12.5. The zero-order valence-electron chi connectivity index (χ0n) is 14.9. The Labute approximate surface area is 152 Å². The van der Waals surface area contributed by atoms with E-state index >= 15 is 0 Å². The highest BCUT2D eigenvalue weighted by molar-refractivity contribution is 5.92. The van der Waals surface area contributed by atoms with E-state index in [2.05, 4.69) is 22.4 Å². The Balaban J connectivity index is 1.62. The van der Waals surface area contributed by atoms with Gasteiger partial charge in [0, 0.05) is 12.3 Å². The van der Waals surface area contributed by atoms with Gasteiger partial charge in [-0.15, -0.1) is 0 Å². The molecule has 3 rings (SSSR count). The Hall–Kier alpha value is -2.38. The third-order valence-corrected chi connectivity index (χ3v) is 4.40. The van der Waals surface area contributed by atoms with Gasteiger partial charge in [0.05, 0.1) is 19.3 Å². The number of carbonyl (C=O) groups is 1. The molecule has 0 saturated carbocycles. The van der Waals surface area contributed by atoms with Crippen LogP contribution in [-0.2, 0) is 17.8 Å². The van der Waals surface area contributed by atoms with Crippen molar-refractivity contribution in [2.75, 3.05) is 13.2 Å². The molecule has 1 aliphatic rings. The van der Waals surface area contributed by atoms with E-state index < -0.39 is 0 Å². The first-order valence-corrected chi connectivity index (χ1v) is 8.99. The molecule has 3 N–H and O–H groups in total. The van der Waals surface area contributed by atoms with Crippen LogP contribution in [-0.4, -0.2) is 46.6 Å². The van der Waals surface area contributed by atoms with E-state index in [1.54, 1.807) is 6.07 Å². The monoisotopic (exact) mass is 359 g/mol. The predicted octanol–water partition coefficient (Wildman–Crippen LogP) is 1.82. The van der Waals surface area contributed by atoms with Crippen molar-refractivity contribution < 1.29 is 19.4 Å². The molecule has 7 nitrogen and oxygen atoms in total. The molecule has 1 fully saturated rings. The van der Waals surface area contributed by atoms with E-state index in [0.717, 1.165) is 24.1 Å². The Morgan fingerprint density at radius 1 is 1.42 bits per heavy atom. The van der Waals surface area contributed by atoms with Crippen molar-refractivity contribution in [3.05, 3.63) is 47.3 Å². The Kier molecular flexibility index (Phi) is 6.25. The molecule has 1 aliphatic heterocycles. The van der Waals surface area contributed by atoms with Gasteiger partial charge in [-0.05, 0) is 36.6 Å². The van der Waals surface area contributed by atoms with Crippen molar-refractivity contribution in [1.29, 1.82) is 0 Å². The highest BCUT2D eigenvalue weighted by Crippen LogP contribution is 2.19. The van der Waals surface area contributed by atoms with E-state index in [4.69, 9.17) is 14.6 Å². The summed E-state index contributed by atoms with van der Waals surface area (Å²) in [5.74, 6) is 0.474. The van der Waals surface area contributed by atoms with Crippen molar-refractivity contribution in [3.63, 3.8) is 0 Å². The standard InChI is InChI=1S/C19H25N3O4/c1-2-3-14-10-17(22-21-14)19(24)20-16-8-9-25-12-18(16)26-15-6-4-13(11-23)5-7-15/h4-7,10,16,18,23H,2-3,8-9,11-12H2,1H3,(H,20,24)(H,21,22)/t16-,18-/m1/s1. The van der Waals surface area contributed by atoms with Crippen molar-refractivity contribution >= 4 is 5.91 Å². The quantitative estimate of drug-likeness (QED) is 0.701. The van der Waals surface area contributed by atoms with Crippen LogP contribution < -0.4 is 10.1 Å². The number of hydrogen-bond acceptors (Lipinski definition) is 5. The van der Waals surface area contributed by atoms with E-state index in [1.165, 1.54) is 0 Å². The number of carbonyl (C=O) groups excluding carboxylic acids is 1. The molecule has 0 radical (unpaired) electrons. The number of aliphatic hydroxyl groups excluding tert-OH is 1. The van der Waals surface area contributed by atoms with Crippen molar-refractivity contribution in [1.82, 2.24) is 15.5 Å². The van der Waals surface area contributed by atoms with Crippen LogP contribution in [0.1, 0.15) is 41.5 Å². The molecular formula is C19H25N3O4. The smallest absolute Gasteiger partial charge is 0.272 e. The van der Waals surface area contributed by atoms with Gasteiger partial charge < -0.3 is 19.9 Å². The fourth-order valence-electron chi connectivity index (χ4n) is 2.96. The second kappa shape index (κ2) is 8.82. The third kappa shape index (κ3) is 4.62. The number of aryl methyl sites for hydroxylation is 1. The van der Waals surface area contributed by atoms with Crippen molar-refractivity contribution in [2.45, 2.75) is 44.9 Å². The van der Waals surface area contributed by atoms with E-state index in [-0.39, 0.29) is 24.7 Å². The summed E-state index contributed by atoms with van der Waals surface area (Å²) in [7, 11) is 0. The summed E-state index contributed by atoms with van der Waals surface area (Å²) in [5.41, 5.74) is 2.18. The predicted molar refractivity (Wildman–Crippen MR) is 96.1 cm³/mol. The number of hydrogen-bond donors (Lipinski definition) is 3. The molecule has 0 unspecified atom stereocenters. The summed E-state index contributed by atoms with van der Waals surface area (Å²) in [4.78, 5) is 12.5. The Morgan fingerprint density at radius 2 is 2.23 bits per heavy atom. The molecule has 1 amide bonds. The van der Waals surface area contributed by atoms with E-state index in [0.29, 0.717) is 31.1 Å². The summed E-state index contributed by atoms with van der Waals surface area (Å²) in [6.45, 7) is 3.07. The molecule has 2 atom stereocenters. The van der Waals surface area contributed by atoms with E-state index in [1.807, 2.05) is 24.3 Å². The number of aromatic amines is 1. The van der Waals surface area contributed by atoms with Gasteiger partial charge in [-0.2, -0.15) is 5.10 Å². The lowest BCUT2D eigenvalue weighted by atomic mass is 10.1. The average Bonchev–Trinajstić information content (AvgIpc) is 3.13. The fraction of sp³-hybridized carbons (Fsp3) is 0.474. The van der Waals surface area contributed by atoms with Crippen LogP contribution in [0.4, 0.5) is 0 Å². The van der Waals surface area contributed by atoms with Gasteiger partial charge in [-0.25, -0.2) is 0 Å². The number of amides is 1. The molecule has 2 aromatic rings. The van der Waals surface area contributed by atoms with Crippen LogP contribution in [0, 0.1) is 0 Å². The first-order valence-electron chi connectivity index (χ1n) is 8.99. The normalized spacial score (nSPS) is 19.9. The second-order valence-electron chi connectivity index (χ2n) is 6.43. The molecule has 7 heteroatoms. The number of aliphatic hydroxyl groups is 1. The SMILES string of the molecule is CCCc1cc(C(=O)N[C@@H]2CCOC[C@H]2Oc2ccc(CO)cc2)n[nH]1. The molecule has 0 bridgehead atoms. The molecule has 0 aliphatic carbocycles. The number of rotatable bonds is 7. The first-order chi connectivity index (χ1) is 12.7. The van der Waals surface area contributed by atoms with Crippen LogP contribution >= 0.6 is 0 Å². The van der Waals surface area contributed by atoms with Crippen LogP contribution in [0.25, 0.3) is 0 Å². The molecule has 0 spiro atoms. The van der Waals surface area contributed by atoms with Gasteiger partial charge >= 0.3 is 0 Å². The molecule has 1 aromatic heterocycles. The van der Waals surface area contributed by atoms with Gasteiger partial charge in [-0.3, -0.25) is 9.89 Å². The highest BCUT2D eigenvalue weighted by Gasteiger charge is 2.29. The zero-order valence-corrected chi connectivity index (χ0v) is 14.9. The minimum Gasteiger partial charge on any atom is -0.486 e. The maximum Gasteiger partial charge on any atom is 0.272 e. The lowest BCUT2D eigenvalue weighted by Crippen LogP contribution is -2.51. The molecule has 1 saturated heterocycles. The molecular weight excluding hydrogens is 334 g/mol. The maximum atomic E-state index is 12.5. The van der Waals surface area contributed by atoms with E-state index in [9.17, 15) is 4.79 Å². The number of nitrogens with zero attached hydrogens (tertiary/aromatic N) is 1. The second-order valence-corrected chi connectivity index (χ2v) is 6.43. The number of benzene rings is 1. The van der Waals surface area contributed by atoms with Gasteiger partial charge in [0.2, 0.25) is 0 Å². The number of ether oxygens (including phenoxy) is 2. The summed E-state index contributed by atoms with van der Waals surface area (Å²) in [6.07, 6.45) is 2.26. The zero-order chi connectivity index (χ0) is 18.4. The summed E-state index contributed by atoms with van der Waals surface area (Å²) >= 11 is 0. The van der Waals surface area contributed by atoms with Crippen LogP contribution in [0.15, 0.2) is 30.3 Å². The summed E-state index contributed by atoms with van der Waals surface area (Å²) in [5, 5.41) is 19.1. The molecule has 2 heterocycles. The Morgan fingerprint density at radius 3 is 2.96 bits per heavy atom. The largest absolute Gasteiger partial charge is 0.486 e. The van der Waals surface area contributed by atoms with Crippen molar-refractivity contribution in [3.8, 4) is 5.75 Å². The Bertz CT molecular complexity index is 714. The summed E-state index contributed by atoms with van der Waals surface area (Å²) < 4.78 is 11.5. The minimum absolute atomic E-state index is 0.00478. The molecule has 140 valence electrons. The minimum atomic E-state index is -0.276. The molecule has 1 aromatic carbocycles. The summed E-state index contributed by atoms with van der Waals surface area (Å²) in [6, 6.07) is 8.88. The van der Waals surface area contributed by atoms with Crippen molar-refractivity contribution in [2.24, 2.45) is 0 Å². The lowest BCUT2D eigenvalue weighted by Gasteiger charge is -2.32. The number of nitrogens with one attached hydrogen (secondary N) is 2. The highest BCUT2D eigenvalue weighted by atomic mass is 16.5. The van der Waals surface area contributed by atoms with Crippen LogP contribution in [0.3, 0.4) is 0 Å². The molecule has 26 heavy (non-hydrogen) atoms. The number of H-pyrrole nitrogens is 1. The van der Waals surface area contributed by atoms with Gasteiger partial charge in [-0.1, -0.05) is 25.5 Å². The number of aromatic nitrogens is 2. The van der Waals surface area contributed by atoms with Gasteiger partial charge in [0.15, 0.2) is 0 Å². The van der Waals surface area contributed by atoms with Crippen LogP contribution in [0.2, 0.25) is 0 Å². The average molecular weight is 359 g/mol. The van der Waals surface area contributed by atoms with Gasteiger partial charge in [0.25, 0.3) is 5.91 Å².